The summed E-state index contributed by atoms with van der Waals surface area (Å²) in [7, 11) is 0. The Morgan fingerprint density at radius 2 is 1.95 bits per heavy atom. The van der Waals surface area contributed by atoms with E-state index in [1.165, 1.54) is 0 Å². The summed E-state index contributed by atoms with van der Waals surface area (Å²) in [6.45, 7) is 5.28. The Hall–Kier alpha value is -1.10. The first kappa shape index (κ1) is 16.0. The molecule has 1 saturated carbocycles. The van der Waals surface area contributed by atoms with E-state index in [1.54, 1.807) is 6.92 Å². The van der Waals surface area contributed by atoms with E-state index < -0.39 is 11.4 Å². The van der Waals surface area contributed by atoms with Crippen molar-refractivity contribution in [2.75, 3.05) is 0 Å². The molecule has 5 nitrogen and oxygen atoms in total. The van der Waals surface area contributed by atoms with Gasteiger partial charge in [-0.3, -0.25) is 9.59 Å². The van der Waals surface area contributed by atoms with Crippen LogP contribution in [0.5, 0.6) is 0 Å². The van der Waals surface area contributed by atoms with Crippen LogP contribution in [0.15, 0.2) is 0 Å². The van der Waals surface area contributed by atoms with E-state index in [-0.39, 0.29) is 30.3 Å². The normalized spacial score (nSPS) is 26.8. The van der Waals surface area contributed by atoms with Gasteiger partial charge >= 0.3 is 5.97 Å². The number of nitrogens with one attached hydrogen (secondary N) is 1. The van der Waals surface area contributed by atoms with Crippen LogP contribution in [-0.4, -0.2) is 29.1 Å². The molecule has 1 amide bonds. The van der Waals surface area contributed by atoms with Crippen LogP contribution in [0.1, 0.15) is 52.9 Å². The molecule has 3 atom stereocenters. The summed E-state index contributed by atoms with van der Waals surface area (Å²) in [5.41, 5.74) is 4.95. The molecule has 0 heterocycles. The topological polar surface area (TPSA) is 92.4 Å². The van der Waals surface area contributed by atoms with E-state index in [2.05, 4.69) is 5.32 Å². The average Bonchev–Trinajstić information content (AvgIpc) is 2.31. The van der Waals surface area contributed by atoms with Crippen LogP contribution >= 0.6 is 0 Å². The molecule has 5 heteroatoms. The molecule has 0 aromatic rings. The lowest BCUT2D eigenvalue weighted by Crippen LogP contribution is -2.51. The predicted molar refractivity (Wildman–Crippen MR) is 73.6 cm³/mol. The quantitative estimate of drug-likeness (QED) is 0.706. The van der Waals surface area contributed by atoms with Crippen LogP contribution in [0.4, 0.5) is 0 Å². The molecule has 1 rings (SSSR count). The van der Waals surface area contributed by atoms with Gasteiger partial charge in [-0.15, -0.1) is 0 Å². The van der Waals surface area contributed by atoms with Crippen molar-refractivity contribution in [2.45, 2.75) is 65.0 Å². The highest BCUT2D eigenvalue weighted by Gasteiger charge is 2.39. The third-order valence-electron chi connectivity index (χ3n) is 4.46. The van der Waals surface area contributed by atoms with Gasteiger partial charge in [0.1, 0.15) is 0 Å². The summed E-state index contributed by atoms with van der Waals surface area (Å²) in [5, 5.41) is 12.2. The lowest BCUT2D eigenvalue weighted by Gasteiger charge is -2.32. The molecule has 0 aromatic heterocycles. The highest BCUT2D eigenvalue weighted by Crippen LogP contribution is 2.31. The van der Waals surface area contributed by atoms with Crippen LogP contribution in [0, 0.1) is 11.3 Å². The molecule has 0 bridgehead atoms. The van der Waals surface area contributed by atoms with Crippen molar-refractivity contribution in [3.63, 3.8) is 0 Å². The SMILES string of the molecule is CC(C)C(C)(CC(=O)NC1CCCCC1N)C(=O)O. The predicted octanol–water partition coefficient (Wildman–Crippen LogP) is 1.51. The van der Waals surface area contributed by atoms with Crippen molar-refractivity contribution in [1.29, 1.82) is 0 Å². The van der Waals surface area contributed by atoms with Gasteiger partial charge in [-0.05, 0) is 25.7 Å². The zero-order chi connectivity index (χ0) is 14.6. The van der Waals surface area contributed by atoms with Crippen molar-refractivity contribution < 1.29 is 14.7 Å². The lowest BCUT2D eigenvalue weighted by atomic mass is 9.76. The van der Waals surface area contributed by atoms with E-state index in [9.17, 15) is 14.7 Å². The molecule has 1 aliphatic carbocycles. The monoisotopic (exact) mass is 270 g/mol. The van der Waals surface area contributed by atoms with Gasteiger partial charge < -0.3 is 16.2 Å². The smallest absolute Gasteiger partial charge is 0.310 e. The van der Waals surface area contributed by atoms with E-state index in [0.29, 0.717) is 0 Å². The van der Waals surface area contributed by atoms with E-state index in [0.717, 1.165) is 25.7 Å². The molecule has 1 fully saturated rings. The number of hydrogen-bond donors (Lipinski definition) is 3. The molecule has 19 heavy (non-hydrogen) atoms. The molecule has 4 N–H and O–H groups in total. The van der Waals surface area contributed by atoms with Crippen molar-refractivity contribution in [1.82, 2.24) is 5.32 Å². The number of rotatable bonds is 5. The van der Waals surface area contributed by atoms with Crippen molar-refractivity contribution >= 4 is 11.9 Å². The van der Waals surface area contributed by atoms with Crippen molar-refractivity contribution in [3.05, 3.63) is 0 Å². The van der Waals surface area contributed by atoms with Gasteiger partial charge in [-0.2, -0.15) is 0 Å². The molecular formula is C14H26N2O3. The Balaban J connectivity index is 2.60. The Labute approximate surface area is 114 Å². The number of amides is 1. The summed E-state index contributed by atoms with van der Waals surface area (Å²) in [6, 6.07) is -0.0145. The van der Waals surface area contributed by atoms with Crippen LogP contribution in [0.25, 0.3) is 0 Å². The van der Waals surface area contributed by atoms with Crippen molar-refractivity contribution in [3.8, 4) is 0 Å². The second-order valence-corrected chi connectivity index (χ2v) is 6.18. The standard InChI is InChI=1S/C14H26N2O3/c1-9(2)14(3,13(18)19)8-12(17)16-11-7-5-4-6-10(11)15/h9-11H,4-8,15H2,1-3H3,(H,16,17)(H,18,19). The van der Waals surface area contributed by atoms with E-state index in [1.807, 2.05) is 13.8 Å². The number of carboxylic acids is 1. The average molecular weight is 270 g/mol. The summed E-state index contributed by atoms with van der Waals surface area (Å²) >= 11 is 0. The van der Waals surface area contributed by atoms with Gasteiger partial charge in [0.05, 0.1) is 5.41 Å². The Morgan fingerprint density at radius 3 is 2.42 bits per heavy atom. The number of carbonyl (C=O) groups excluding carboxylic acids is 1. The van der Waals surface area contributed by atoms with E-state index >= 15 is 0 Å². The molecule has 0 spiro atoms. The summed E-state index contributed by atoms with van der Waals surface area (Å²) in [6.07, 6.45) is 3.98. The van der Waals surface area contributed by atoms with Gasteiger partial charge in [0.2, 0.25) is 5.91 Å². The molecular weight excluding hydrogens is 244 g/mol. The minimum absolute atomic E-state index is 0.00319. The van der Waals surface area contributed by atoms with Gasteiger partial charge in [0.25, 0.3) is 0 Å². The fraction of sp³-hybridized carbons (Fsp3) is 0.857. The van der Waals surface area contributed by atoms with Gasteiger partial charge in [0.15, 0.2) is 0 Å². The molecule has 0 aromatic carbocycles. The third-order valence-corrected chi connectivity index (χ3v) is 4.46. The van der Waals surface area contributed by atoms with Gasteiger partial charge in [-0.25, -0.2) is 0 Å². The maximum atomic E-state index is 12.1. The molecule has 3 unspecified atom stereocenters. The second kappa shape index (κ2) is 6.37. The molecule has 0 saturated heterocycles. The van der Waals surface area contributed by atoms with Gasteiger partial charge in [0, 0.05) is 18.5 Å². The Kier molecular flexibility index (Phi) is 5.35. The first-order chi connectivity index (χ1) is 8.77. The minimum Gasteiger partial charge on any atom is -0.481 e. The maximum Gasteiger partial charge on any atom is 0.310 e. The molecule has 0 radical (unpaired) electrons. The zero-order valence-electron chi connectivity index (χ0n) is 12.1. The Morgan fingerprint density at radius 1 is 1.37 bits per heavy atom. The first-order valence-electron chi connectivity index (χ1n) is 7.05. The molecule has 1 aliphatic rings. The third kappa shape index (κ3) is 3.93. The highest BCUT2D eigenvalue weighted by molar-refractivity contribution is 5.85. The number of hydrogen-bond acceptors (Lipinski definition) is 3. The van der Waals surface area contributed by atoms with Crippen LogP contribution in [0.2, 0.25) is 0 Å². The summed E-state index contributed by atoms with van der Waals surface area (Å²) < 4.78 is 0. The van der Waals surface area contributed by atoms with E-state index in [4.69, 9.17) is 5.73 Å². The fourth-order valence-electron chi connectivity index (χ4n) is 2.46. The number of nitrogens with two attached hydrogens (primary N) is 1. The molecule has 0 aliphatic heterocycles. The largest absolute Gasteiger partial charge is 0.481 e. The minimum atomic E-state index is -1.02. The van der Waals surface area contributed by atoms with Crippen LogP contribution in [-0.2, 0) is 9.59 Å². The Bertz CT molecular complexity index is 344. The van der Waals surface area contributed by atoms with Crippen LogP contribution in [0.3, 0.4) is 0 Å². The summed E-state index contributed by atoms with van der Waals surface area (Å²) in [4.78, 5) is 23.4. The molecule has 110 valence electrons. The fourth-order valence-corrected chi connectivity index (χ4v) is 2.46. The number of carbonyl (C=O) groups is 2. The number of aliphatic carboxylic acids is 1. The second-order valence-electron chi connectivity index (χ2n) is 6.18. The highest BCUT2D eigenvalue weighted by atomic mass is 16.4. The first-order valence-corrected chi connectivity index (χ1v) is 7.05. The summed E-state index contributed by atoms with van der Waals surface area (Å²) in [5.74, 6) is -1.23. The van der Waals surface area contributed by atoms with Gasteiger partial charge in [-0.1, -0.05) is 26.7 Å². The van der Waals surface area contributed by atoms with Crippen LogP contribution < -0.4 is 11.1 Å². The maximum absolute atomic E-state index is 12.1. The number of carboxylic acid groups (broad SMARTS) is 1. The lowest BCUT2D eigenvalue weighted by molar-refractivity contribution is -0.153. The zero-order valence-corrected chi connectivity index (χ0v) is 12.1. The van der Waals surface area contributed by atoms with Crippen molar-refractivity contribution in [2.24, 2.45) is 17.1 Å².